The Morgan fingerprint density at radius 3 is 2.53 bits per heavy atom. The van der Waals surface area contributed by atoms with E-state index in [-0.39, 0.29) is 6.79 Å². The first kappa shape index (κ1) is 21.1. The van der Waals surface area contributed by atoms with Crippen LogP contribution in [0.15, 0.2) is 45.1 Å². The van der Waals surface area contributed by atoms with E-state index in [1.54, 1.807) is 0 Å². The normalized spacial score (nSPS) is 12.6. The molecule has 7 nitrogen and oxygen atoms in total. The summed E-state index contributed by atoms with van der Waals surface area (Å²) in [5, 5.41) is 0.800. The van der Waals surface area contributed by atoms with Crippen LogP contribution in [-0.2, 0) is 13.0 Å². The van der Waals surface area contributed by atoms with E-state index in [9.17, 15) is 0 Å². The minimum absolute atomic E-state index is 0.232. The maximum atomic E-state index is 6.13. The summed E-state index contributed by atoms with van der Waals surface area (Å²) in [7, 11) is 0. The van der Waals surface area contributed by atoms with Crippen LogP contribution in [0, 0.1) is 20.8 Å². The number of rotatable bonds is 5. The van der Waals surface area contributed by atoms with Gasteiger partial charge in [-0.1, -0.05) is 29.5 Å². The molecule has 1 aliphatic rings. The van der Waals surface area contributed by atoms with E-state index in [1.165, 1.54) is 40.3 Å². The van der Waals surface area contributed by atoms with Gasteiger partial charge < -0.3 is 19.8 Å². The number of nitrogens with two attached hydrogens (primary N) is 1. The number of halogens is 1. The first-order chi connectivity index (χ1) is 15.4. The molecular weight excluding hydrogens is 490 g/mol. The highest BCUT2D eigenvalue weighted by atomic mass is 79.9. The van der Waals surface area contributed by atoms with Crippen LogP contribution in [0.2, 0.25) is 0 Å². The fourth-order valence-electron chi connectivity index (χ4n) is 4.12. The molecule has 0 spiro atoms. The van der Waals surface area contributed by atoms with Crippen molar-refractivity contribution in [3.8, 4) is 11.5 Å². The predicted molar refractivity (Wildman–Crippen MR) is 128 cm³/mol. The Labute approximate surface area is 198 Å². The Balaban J connectivity index is 1.54. The zero-order valence-corrected chi connectivity index (χ0v) is 20.4. The van der Waals surface area contributed by atoms with Crippen LogP contribution < -0.4 is 15.2 Å². The van der Waals surface area contributed by atoms with Gasteiger partial charge in [0.2, 0.25) is 6.79 Å². The molecule has 3 heterocycles. The van der Waals surface area contributed by atoms with Gasteiger partial charge in [-0.05, 0) is 71.9 Å². The van der Waals surface area contributed by atoms with E-state index in [4.69, 9.17) is 20.2 Å². The Kier molecular flexibility index (Phi) is 5.46. The maximum absolute atomic E-state index is 6.13. The van der Waals surface area contributed by atoms with Crippen molar-refractivity contribution in [3.05, 3.63) is 57.3 Å². The van der Waals surface area contributed by atoms with Crippen LogP contribution in [0.1, 0.15) is 22.3 Å². The molecule has 1 aliphatic heterocycles. The number of nitrogen functional groups attached to an aromatic ring is 1. The van der Waals surface area contributed by atoms with Crippen molar-refractivity contribution in [2.75, 3.05) is 12.5 Å². The fourth-order valence-corrected chi connectivity index (χ4v) is 5.63. The third kappa shape index (κ3) is 3.80. The third-order valence-corrected chi connectivity index (χ3v) is 7.55. The minimum atomic E-state index is 0.232. The highest BCUT2D eigenvalue weighted by Gasteiger charge is 2.21. The first-order valence-electron chi connectivity index (χ1n) is 10.2. The third-order valence-electron chi connectivity index (χ3n) is 5.58. The van der Waals surface area contributed by atoms with Gasteiger partial charge >= 0.3 is 0 Å². The summed E-state index contributed by atoms with van der Waals surface area (Å²) in [6, 6.07) is 8.34. The number of anilines is 1. The number of imidazole rings is 1. The number of benzene rings is 2. The van der Waals surface area contributed by atoms with Crippen molar-refractivity contribution in [2.24, 2.45) is 0 Å². The monoisotopic (exact) mass is 511 g/mol. The first-order valence-corrected chi connectivity index (χ1v) is 11.8. The zero-order valence-electron chi connectivity index (χ0n) is 18.0. The second-order valence-electron chi connectivity index (χ2n) is 7.84. The number of aryl methyl sites for hydroxylation is 4. The van der Waals surface area contributed by atoms with Crippen LogP contribution in [0.25, 0.3) is 11.2 Å². The molecule has 0 fully saturated rings. The van der Waals surface area contributed by atoms with Crippen molar-refractivity contribution in [2.45, 2.75) is 43.8 Å². The molecule has 0 atom stereocenters. The van der Waals surface area contributed by atoms with Gasteiger partial charge in [-0.15, -0.1) is 0 Å². The van der Waals surface area contributed by atoms with Gasteiger partial charge in [0.15, 0.2) is 33.6 Å². The summed E-state index contributed by atoms with van der Waals surface area (Å²) in [5.74, 6) is 1.83. The Morgan fingerprint density at radius 1 is 1.06 bits per heavy atom. The molecule has 0 saturated heterocycles. The van der Waals surface area contributed by atoms with Gasteiger partial charge in [-0.25, -0.2) is 15.0 Å². The molecule has 0 saturated carbocycles. The van der Waals surface area contributed by atoms with Crippen LogP contribution in [0.3, 0.4) is 0 Å². The molecule has 2 aromatic heterocycles. The molecule has 5 rings (SSSR count). The lowest BCUT2D eigenvalue weighted by atomic mass is 9.97. The van der Waals surface area contributed by atoms with Crippen molar-refractivity contribution in [1.29, 1.82) is 0 Å². The standard InChI is InChI=1S/C23H22BrN5O2S/c1-12-6-13(2)15(14(3)7-12)4-5-29-22-20(21(25)26-10-27-22)28-23(29)32-19-9-18-17(8-16(19)24)30-11-31-18/h6-10H,4-5,11H2,1-3H3,(H2,25,26,27). The predicted octanol–water partition coefficient (Wildman–Crippen LogP) is 5.22. The summed E-state index contributed by atoms with van der Waals surface area (Å²) in [6.07, 6.45) is 2.35. The van der Waals surface area contributed by atoms with Gasteiger partial charge in [0.1, 0.15) is 6.33 Å². The van der Waals surface area contributed by atoms with E-state index in [0.717, 1.165) is 44.6 Å². The topological polar surface area (TPSA) is 88.1 Å². The van der Waals surface area contributed by atoms with Crippen molar-refractivity contribution < 1.29 is 9.47 Å². The number of nitrogens with zero attached hydrogens (tertiary/aromatic N) is 4. The van der Waals surface area contributed by atoms with Crippen LogP contribution in [0.5, 0.6) is 11.5 Å². The van der Waals surface area contributed by atoms with Crippen molar-refractivity contribution in [3.63, 3.8) is 0 Å². The summed E-state index contributed by atoms with van der Waals surface area (Å²) in [6.45, 7) is 7.42. The summed E-state index contributed by atoms with van der Waals surface area (Å²) in [5.41, 5.74) is 12.7. The van der Waals surface area contributed by atoms with Gasteiger partial charge in [0, 0.05) is 15.9 Å². The van der Waals surface area contributed by atoms with E-state index in [1.807, 2.05) is 12.1 Å². The summed E-state index contributed by atoms with van der Waals surface area (Å²) >= 11 is 5.18. The highest BCUT2D eigenvalue weighted by Crippen LogP contribution is 2.43. The number of hydrogen-bond acceptors (Lipinski definition) is 7. The van der Waals surface area contributed by atoms with Crippen LogP contribution in [-0.4, -0.2) is 26.3 Å². The summed E-state index contributed by atoms with van der Waals surface area (Å²) < 4.78 is 14.1. The minimum Gasteiger partial charge on any atom is -0.454 e. The van der Waals surface area contributed by atoms with Crippen LogP contribution in [0.4, 0.5) is 5.82 Å². The van der Waals surface area contributed by atoms with Crippen LogP contribution >= 0.6 is 27.7 Å². The zero-order chi connectivity index (χ0) is 22.4. The number of ether oxygens (including phenoxy) is 2. The lowest BCUT2D eigenvalue weighted by molar-refractivity contribution is 0.174. The Bertz CT molecular complexity index is 1330. The maximum Gasteiger partial charge on any atom is 0.231 e. The SMILES string of the molecule is Cc1cc(C)c(CCn2c(Sc3cc4c(cc3Br)OCO4)nc3c(N)ncnc32)c(C)c1. The quantitative estimate of drug-likeness (QED) is 0.392. The highest BCUT2D eigenvalue weighted by molar-refractivity contribution is 9.10. The molecule has 32 heavy (non-hydrogen) atoms. The number of hydrogen-bond donors (Lipinski definition) is 1. The molecule has 2 aromatic carbocycles. The average Bonchev–Trinajstić information content (AvgIpc) is 3.32. The molecule has 0 radical (unpaired) electrons. The Morgan fingerprint density at radius 2 is 1.78 bits per heavy atom. The van der Waals surface area contributed by atoms with Crippen molar-refractivity contribution >= 4 is 44.7 Å². The molecule has 2 N–H and O–H groups in total. The lowest BCUT2D eigenvalue weighted by Gasteiger charge is -2.14. The van der Waals surface area contributed by atoms with Gasteiger partial charge in [-0.3, -0.25) is 0 Å². The second kappa shape index (κ2) is 8.29. The Hall–Kier alpha value is -2.78. The van der Waals surface area contributed by atoms with Gasteiger partial charge in [0.05, 0.1) is 0 Å². The van der Waals surface area contributed by atoms with E-state index < -0.39 is 0 Å². The van der Waals surface area contributed by atoms with E-state index in [0.29, 0.717) is 11.3 Å². The molecule has 0 amide bonds. The second-order valence-corrected chi connectivity index (χ2v) is 9.71. The largest absolute Gasteiger partial charge is 0.454 e. The molecule has 0 bridgehead atoms. The smallest absolute Gasteiger partial charge is 0.231 e. The molecule has 0 aliphatic carbocycles. The van der Waals surface area contributed by atoms with E-state index in [2.05, 4.69) is 63.4 Å². The van der Waals surface area contributed by atoms with Gasteiger partial charge in [-0.2, -0.15) is 0 Å². The number of aromatic nitrogens is 4. The average molecular weight is 512 g/mol. The molecule has 4 aromatic rings. The lowest BCUT2D eigenvalue weighted by Crippen LogP contribution is -2.07. The molecule has 0 unspecified atom stereocenters. The molecular formula is C23H22BrN5O2S. The van der Waals surface area contributed by atoms with Crippen molar-refractivity contribution in [1.82, 2.24) is 19.5 Å². The summed E-state index contributed by atoms with van der Waals surface area (Å²) in [4.78, 5) is 14.4. The van der Waals surface area contributed by atoms with Gasteiger partial charge in [0.25, 0.3) is 0 Å². The molecule has 9 heteroatoms. The fraction of sp³-hybridized carbons (Fsp3) is 0.261. The molecule has 164 valence electrons. The number of fused-ring (bicyclic) bond motifs is 2. The van der Waals surface area contributed by atoms with E-state index >= 15 is 0 Å².